The highest BCUT2D eigenvalue weighted by molar-refractivity contribution is 9.10. The van der Waals surface area contributed by atoms with E-state index in [1.807, 2.05) is 66.1 Å². The fourth-order valence-corrected chi connectivity index (χ4v) is 4.55. The maximum absolute atomic E-state index is 12.6. The monoisotopic (exact) mass is 561 g/mol. The Kier molecular flexibility index (Phi) is 8.06. The second kappa shape index (κ2) is 11.2. The molecule has 0 unspecified atom stereocenters. The molecule has 0 aliphatic rings. The summed E-state index contributed by atoms with van der Waals surface area (Å²) in [7, 11) is 0. The van der Waals surface area contributed by atoms with Crippen LogP contribution in [0.1, 0.15) is 38.8 Å². The maximum Gasteiger partial charge on any atom is 0.250 e. The smallest absolute Gasteiger partial charge is 0.250 e. The number of hydrogen-bond acceptors (Lipinski definition) is 5. The normalized spacial score (nSPS) is 12.0. The van der Waals surface area contributed by atoms with Gasteiger partial charge >= 0.3 is 0 Å². The summed E-state index contributed by atoms with van der Waals surface area (Å²) < 4.78 is 2.98. The summed E-state index contributed by atoms with van der Waals surface area (Å²) in [6.07, 6.45) is 0. The van der Waals surface area contributed by atoms with Crippen molar-refractivity contribution in [1.29, 1.82) is 0 Å². The predicted molar refractivity (Wildman–Crippen MR) is 151 cm³/mol. The highest BCUT2D eigenvalue weighted by Crippen LogP contribution is 2.30. The first-order valence-corrected chi connectivity index (χ1v) is 13.3. The van der Waals surface area contributed by atoms with Crippen LogP contribution in [0.25, 0.3) is 17.1 Å². The first-order valence-electron chi connectivity index (χ1n) is 11.6. The number of thioether (sulfide) groups is 1. The van der Waals surface area contributed by atoms with Gasteiger partial charge in [0.1, 0.15) is 0 Å². The molecule has 4 aromatic rings. The molecule has 0 saturated heterocycles. The van der Waals surface area contributed by atoms with Crippen molar-refractivity contribution < 1.29 is 4.79 Å². The van der Waals surface area contributed by atoms with E-state index >= 15 is 0 Å². The van der Waals surface area contributed by atoms with E-state index in [9.17, 15) is 4.79 Å². The number of amides is 1. The van der Waals surface area contributed by atoms with Crippen LogP contribution in [-0.4, -0.2) is 32.1 Å². The van der Waals surface area contributed by atoms with Gasteiger partial charge in [0.2, 0.25) is 0 Å². The Bertz CT molecular complexity index is 1360. The Morgan fingerprint density at radius 3 is 2.28 bits per heavy atom. The van der Waals surface area contributed by atoms with Crippen molar-refractivity contribution in [2.24, 2.45) is 5.10 Å². The summed E-state index contributed by atoms with van der Waals surface area (Å²) in [5, 5.41) is 13.8. The minimum atomic E-state index is -0.213. The zero-order valence-corrected chi connectivity index (χ0v) is 23.1. The van der Waals surface area contributed by atoms with Crippen LogP contribution >= 0.6 is 27.7 Å². The van der Waals surface area contributed by atoms with E-state index in [0.29, 0.717) is 5.16 Å². The molecule has 0 spiro atoms. The van der Waals surface area contributed by atoms with Crippen molar-refractivity contribution >= 4 is 39.3 Å². The summed E-state index contributed by atoms with van der Waals surface area (Å²) in [5.74, 6) is 0.675. The summed E-state index contributed by atoms with van der Waals surface area (Å²) in [5.41, 5.74) is 7.53. The molecule has 4 rings (SSSR count). The average molecular weight is 563 g/mol. The van der Waals surface area contributed by atoms with E-state index in [4.69, 9.17) is 0 Å². The Labute approximate surface area is 224 Å². The van der Waals surface area contributed by atoms with Crippen LogP contribution in [0.5, 0.6) is 0 Å². The van der Waals surface area contributed by atoms with Crippen LogP contribution in [0, 0.1) is 0 Å². The number of nitrogens with one attached hydrogen (secondary N) is 1. The van der Waals surface area contributed by atoms with Gasteiger partial charge in [-0.25, -0.2) is 5.43 Å². The van der Waals surface area contributed by atoms with Crippen LogP contribution in [0.4, 0.5) is 0 Å². The van der Waals surface area contributed by atoms with Crippen LogP contribution in [0.15, 0.2) is 93.6 Å². The Hall–Kier alpha value is -3.23. The number of benzene rings is 3. The van der Waals surface area contributed by atoms with Crippen molar-refractivity contribution in [3.63, 3.8) is 0 Å². The van der Waals surface area contributed by atoms with Gasteiger partial charge in [0.05, 0.1) is 11.5 Å². The van der Waals surface area contributed by atoms with Crippen molar-refractivity contribution in [2.75, 3.05) is 5.75 Å². The third kappa shape index (κ3) is 6.30. The number of carbonyl (C=O) groups is 1. The topological polar surface area (TPSA) is 72.2 Å². The van der Waals surface area contributed by atoms with Crippen molar-refractivity contribution in [3.8, 4) is 17.1 Å². The lowest BCUT2D eigenvalue weighted by molar-refractivity contribution is -0.118. The number of hydrogen-bond donors (Lipinski definition) is 1. The number of nitrogens with zero attached hydrogens (tertiary/aromatic N) is 4. The zero-order chi connectivity index (χ0) is 25.7. The third-order valence-electron chi connectivity index (χ3n) is 5.60. The Morgan fingerprint density at radius 2 is 1.64 bits per heavy atom. The van der Waals surface area contributed by atoms with E-state index in [1.165, 1.54) is 17.3 Å². The molecule has 1 aromatic heterocycles. The molecule has 184 valence electrons. The molecule has 0 bridgehead atoms. The fraction of sp³-hybridized carbons (Fsp3) is 0.214. The largest absolute Gasteiger partial charge is 0.272 e. The number of para-hydroxylation sites is 1. The number of carbonyl (C=O) groups excluding carboxylic acids is 1. The maximum atomic E-state index is 12.6. The minimum absolute atomic E-state index is 0.0677. The molecule has 0 aliphatic carbocycles. The summed E-state index contributed by atoms with van der Waals surface area (Å²) in [4.78, 5) is 12.6. The van der Waals surface area contributed by atoms with Gasteiger partial charge in [0.25, 0.3) is 5.91 Å². The van der Waals surface area contributed by atoms with E-state index < -0.39 is 0 Å². The van der Waals surface area contributed by atoms with E-state index in [1.54, 1.807) is 0 Å². The number of hydrazone groups is 1. The zero-order valence-electron chi connectivity index (χ0n) is 20.7. The van der Waals surface area contributed by atoms with Gasteiger partial charge in [-0.3, -0.25) is 9.36 Å². The number of rotatable bonds is 7. The van der Waals surface area contributed by atoms with E-state index in [2.05, 4.69) is 81.7 Å². The molecule has 0 saturated carbocycles. The van der Waals surface area contributed by atoms with Crippen LogP contribution in [-0.2, 0) is 10.2 Å². The summed E-state index contributed by atoms with van der Waals surface area (Å²) >= 11 is 4.75. The lowest BCUT2D eigenvalue weighted by Crippen LogP contribution is -2.21. The molecule has 1 heterocycles. The van der Waals surface area contributed by atoms with Gasteiger partial charge in [0, 0.05) is 15.7 Å². The summed E-state index contributed by atoms with van der Waals surface area (Å²) in [6, 6.07) is 26.1. The molecule has 1 N–H and O–H groups in total. The fourth-order valence-electron chi connectivity index (χ4n) is 3.54. The van der Waals surface area contributed by atoms with Gasteiger partial charge < -0.3 is 0 Å². The van der Waals surface area contributed by atoms with Gasteiger partial charge in [-0.15, -0.1) is 10.2 Å². The molecular weight excluding hydrogens is 534 g/mol. The summed E-state index contributed by atoms with van der Waals surface area (Å²) in [6.45, 7) is 8.44. The molecule has 6 nitrogen and oxygen atoms in total. The number of halogens is 1. The standard InChI is InChI=1S/C28H28BrN5OS/c1-19(20-12-16-23(29)17-13-20)30-31-25(35)18-36-27-33-32-26(34(27)24-8-6-5-7-9-24)21-10-14-22(15-11-21)28(2,3)4/h5-17H,18H2,1-4H3,(H,31,35)/b30-19+. The Balaban J connectivity index is 1.53. The lowest BCUT2D eigenvalue weighted by atomic mass is 9.87. The SMILES string of the molecule is C/C(=N\NC(=O)CSc1nnc(-c2ccc(C(C)(C)C)cc2)n1-c1ccccc1)c1ccc(Br)cc1. The van der Waals surface area contributed by atoms with Crippen LogP contribution in [0.2, 0.25) is 0 Å². The quantitative estimate of drug-likeness (QED) is 0.156. The van der Waals surface area contributed by atoms with Crippen molar-refractivity contribution in [3.05, 3.63) is 94.5 Å². The minimum Gasteiger partial charge on any atom is -0.272 e. The molecule has 0 atom stereocenters. The molecule has 3 aromatic carbocycles. The lowest BCUT2D eigenvalue weighted by Gasteiger charge is -2.19. The first kappa shape index (κ1) is 25.9. The molecule has 8 heteroatoms. The van der Waals surface area contributed by atoms with Crippen molar-refractivity contribution in [2.45, 2.75) is 38.3 Å². The molecule has 0 fully saturated rings. The van der Waals surface area contributed by atoms with Gasteiger partial charge in [-0.05, 0) is 47.7 Å². The van der Waals surface area contributed by atoms with Crippen LogP contribution in [0.3, 0.4) is 0 Å². The highest BCUT2D eigenvalue weighted by Gasteiger charge is 2.19. The van der Waals surface area contributed by atoms with Gasteiger partial charge in [-0.1, -0.05) is 103 Å². The molecule has 1 amide bonds. The van der Waals surface area contributed by atoms with E-state index in [-0.39, 0.29) is 17.1 Å². The number of aromatic nitrogens is 3. The molecule has 0 aliphatic heterocycles. The van der Waals surface area contributed by atoms with Gasteiger partial charge in [0.15, 0.2) is 11.0 Å². The second-order valence-electron chi connectivity index (χ2n) is 9.33. The second-order valence-corrected chi connectivity index (χ2v) is 11.2. The molecule has 0 radical (unpaired) electrons. The molecule has 36 heavy (non-hydrogen) atoms. The highest BCUT2D eigenvalue weighted by atomic mass is 79.9. The predicted octanol–water partition coefficient (Wildman–Crippen LogP) is 6.63. The van der Waals surface area contributed by atoms with Crippen LogP contribution < -0.4 is 5.43 Å². The van der Waals surface area contributed by atoms with Crippen molar-refractivity contribution in [1.82, 2.24) is 20.2 Å². The average Bonchev–Trinajstić information content (AvgIpc) is 3.30. The molecular formula is C28H28BrN5OS. The first-order chi connectivity index (χ1) is 17.2. The third-order valence-corrected chi connectivity index (χ3v) is 7.06. The van der Waals surface area contributed by atoms with Gasteiger partial charge in [-0.2, -0.15) is 5.10 Å². The Morgan fingerprint density at radius 1 is 0.972 bits per heavy atom. The van der Waals surface area contributed by atoms with E-state index in [0.717, 1.165) is 32.8 Å².